The fourth-order valence-electron chi connectivity index (χ4n) is 4.28. The van der Waals surface area contributed by atoms with Crippen LogP contribution in [0, 0.1) is 19.8 Å². The van der Waals surface area contributed by atoms with E-state index in [-0.39, 0.29) is 5.91 Å². The van der Waals surface area contributed by atoms with E-state index in [2.05, 4.69) is 25.2 Å². The first kappa shape index (κ1) is 18.0. The molecule has 0 radical (unpaired) electrons. The fraction of sp³-hybridized carbons (Fsp3) is 0.500. The van der Waals surface area contributed by atoms with Crippen LogP contribution in [0.4, 0.5) is 0 Å². The maximum atomic E-state index is 12.4. The highest BCUT2D eigenvalue weighted by Gasteiger charge is 2.20. The number of rotatable bonds is 4. The normalized spacial score (nSPS) is 20.3. The number of carbonyl (C=O) groups excluding carboxylic acids is 1. The number of aryl methyl sites for hydroxylation is 2. The SMILES string of the molecule is Cc1nc2c3ccccc3nn2c(C)c1CCC(=O)NC1CCC(C)CC1. The molecular weight excluding hydrogens is 336 g/mol. The summed E-state index contributed by atoms with van der Waals surface area (Å²) in [6.45, 7) is 6.40. The van der Waals surface area contributed by atoms with Crippen LogP contribution in [0.15, 0.2) is 24.3 Å². The van der Waals surface area contributed by atoms with Crippen molar-refractivity contribution in [3.8, 4) is 0 Å². The Kier molecular flexibility index (Phi) is 4.85. The summed E-state index contributed by atoms with van der Waals surface area (Å²) in [4.78, 5) is 17.2. The molecule has 0 bridgehead atoms. The number of amides is 1. The number of nitrogens with zero attached hydrogens (tertiary/aromatic N) is 3. The Morgan fingerprint density at radius 3 is 2.70 bits per heavy atom. The van der Waals surface area contributed by atoms with E-state index < -0.39 is 0 Å². The molecule has 0 unspecified atom stereocenters. The molecule has 1 aromatic carbocycles. The van der Waals surface area contributed by atoms with Crippen molar-refractivity contribution < 1.29 is 4.79 Å². The zero-order valence-electron chi connectivity index (χ0n) is 16.5. The highest BCUT2D eigenvalue weighted by molar-refractivity contribution is 5.92. The molecule has 4 rings (SSSR count). The van der Waals surface area contributed by atoms with Crippen molar-refractivity contribution >= 4 is 22.5 Å². The van der Waals surface area contributed by atoms with Gasteiger partial charge in [-0.2, -0.15) is 5.10 Å². The van der Waals surface area contributed by atoms with Crippen LogP contribution < -0.4 is 5.32 Å². The van der Waals surface area contributed by atoms with Crippen LogP contribution in [0.1, 0.15) is 56.0 Å². The van der Waals surface area contributed by atoms with Gasteiger partial charge in [-0.25, -0.2) is 9.50 Å². The summed E-state index contributed by atoms with van der Waals surface area (Å²) in [5, 5.41) is 8.99. The molecule has 5 nitrogen and oxygen atoms in total. The van der Waals surface area contributed by atoms with Crippen molar-refractivity contribution in [3.63, 3.8) is 0 Å². The Labute approximate surface area is 160 Å². The number of aromatic nitrogens is 3. The molecule has 2 aromatic heterocycles. The number of fused-ring (bicyclic) bond motifs is 3. The standard InChI is InChI=1S/C22H28N4O/c1-14-8-10-17(11-9-14)24-21(27)13-12-18-15(2)23-22-19-6-4-5-7-20(19)25-26(22)16(18)3/h4-7,14,17H,8-13H2,1-3H3,(H,24,27). The zero-order chi connectivity index (χ0) is 19.0. The molecule has 5 heteroatoms. The predicted octanol–water partition coefficient (Wildman–Crippen LogP) is 4.13. The second-order valence-electron chi connectivity index (χ2n) is 8.04. The highest BCUT2D eigenvalue weighted by atomic mass is 16.1. The average molecular weight is 364 g/mol. The van der Waals surface area contributed by atoms with Crippen molar-refractivity contribution in [3.05, 3.63) is 41.2 Å². The van der Waals surface area contributed by atoms with E-state index in [1.54, 1.807) is 0 Å². The second-order valence-corrected chi connectivity index (χ2v) is 8.04. The molecule has 27 heavy (non-hydrogen) atoms. The molecule has 0 spiro atoms. The summed E-state index contributed by atoms with van der Waals surface area (Å²) >= 11 is 0. The molecule has 1 aliphatic carbocycles. The maximum Gasteiger partial charge on any atom is 0.220 e. The van der Waals surface area contributed by atoms with E-state index in [0.717, 1.165) is 52.3 Å². The van der Waals surface area contributed by atoms with Gasteiger partial charge in [0.25, 0.3) is 0 Å². The highest BCUT2D eigenvalue weighted by Crippen LogP contribution is 2.24. The number of carbonyl (C=O) groups is 1. The van der Waals surface area contributed by atoms with E-state index in [0.29, 0.717) is 18.9 Å². The molecule has 1 N–H and O–H groups in total. The molecule has 0 saturated heterocycles. The second kappa shape index (κ2) is 7.29. The lowest BCUT2D eigenvalue weighted by Crippen LogP contribution is -2.37. The molecule has 1 saturated carbocycles. The van der Waals surface area contributed by atoms with Gasteiger partial charge in [-0.1, -0.05) is 19.1 Å². The zero-order valence-corrected chi connectivity index (χ0v) is 16.5. The van der Waals surface area contributed by atoms with Crippen LogP contribution in [0.25, 0.3) is 16.6 Å². The molecule has 0 aliphatic heterocycles. The molecule has 2 heterocycles. The Balaban J connectivity index is 1.50. The van der Waals surface area contributed by atoms with Crippen LogP contribution in [-0.2, 0) is 11.2 Å². The summed E-state index contributed by atoms with van der Waals surface area (Å²) in [5.41, 5.74) is 5.04. The minimum absolute atomic E-state index is 0.152. The van der Waals surface area contributed by atoms with Crippen LogP contribution in [0.2, 0.25) is 0 Å². The van der Waals surface area contributed by atoms with Crippen molar-refractivity contribution in [1.29, 1.82) is 0 Å². The third-order valence-corrected chi connectivity index (χ3v) is 6.00. The van der Waals surface area contributed by atoms with Gasteiger partial charge in [-0.15, -0.1) is 0 Å². The molecule has 1 aliphatic rings. The van der Waals surface area contributed by atoms with Gasteiger partial charge in [0.1, 0.15) is 0 Å². The third-order valence-electron chi connectivity index (χ3n) is 6.00. The van der Waals surface area contributed by atoms with Gasteiger partial charge in [0.05, 0.1) is 5.52 Å². The molecule has 3 aromatic rings. The van der Waals surface area contributed by atoms with Gasteiger partial charge in [-0.3, -0.25) is 4.79 Å². The summed E-state index contributed by atoms with van der Waals surface area (Å²) in [5.74, 6) is 0.949. The third kappa shape index (κ3) is 3.55. The van der Waals surface area contributed by atoms with Crippen LogP contribution in [-0.4, -0.2) is 26.5 Å². The van der Waals surface area contributed by atoms with Gasteiger partial charge in [0.15, 0.2) is 5.65 Å². The van der Waals surface area contributed by atoms with E-state index in [1.165, 1.54) is 12.8 Å². The minimum Gasteiger partial charge on any atom is -0.353 e. The molecule has 142 valence electrons. The predicted molar refractivity (Wildman–Crippen MR) is 108 cm³/mol. The van der Waals surface area contributed by atoms with Crippen LogP contribution >= 0.6 is 0 Å². The van der Waals surface area contributed by atoms with Crippen LogP contribution in [0.5, 0.6) is 0 Å². The van der Waals surface area contributed by atoms with E-state index in [9.17, 15) is 4.79 Å². The lowest BCUT2D eigenvalue weighted by atomic mass is 9.87. The first-order valence-electron chi connectivity index (χ1n) is 10.1. The van der Waals surface area contributed by atoms with Gasteiger partial charge >= 0.3 is 0 Å². The van der Waals surface area contributed by atoms with E-state index in [1.807, 2.05) is 29.6 Å². The van der Waals surface area contributed by atoms with Gasteiger partial charge in [0, 0.05) is 29.2 Å². The van der Waals surface area contributed by atoms with Gasteiger partial charge < -0.3 is 5.32 Å². The first-order valence-corrected chi connectivity index (χ1v) is 10.1. The lowest BCUT2D eigenvalue weighted by Gasteiger charge is -2.27. The number of hydrogen-bond donors (Lipinski definition) is 1. The molecule has 1 fully saturated rings. The summed E-state index contributed by atoms with van der Waals surface area (Å²) in [7, 11) is 0. The first-order chi connectivity index (χ1) is 13.0. The summed E-state index contributed by atoms with van der Waals surface area (Å²) in [6.07, 6.45) is 5.86. The number of benzene rings is 1. The van der Waals surface area contributed by atoms with Crippen molar-refractivity contribution in [2.75, 3.05) is 0 Å². The van der Waals surface area contributed by atoms with Gasteiger partial charge in [0.2, 0.25) is 5.91 Å². The largest absolute Gasteiger partial charge is 0.353 e. The van der Waals surface area contributed by atoms with Gasteiger partial charge in [-0.05, 0) is 69.6 Å². The van der Waals surface area contributed by atoms with Crippen molar-refractivity contribution in [1.82, 2.24) is 19.9 Å². The average Bonchev–Trinajstić information content (AvgIpc) is 3.02. The quantitative estimate of drug-likeness (QED) is 0.757. The van der Waals surface area contributed by atoms with E-state index in [4.69, 9.17) is 10.1 Å². The van der Waals surface area contributed by atoms with Crippen LogP contribution in [0.3, 0.4) is 0 Å². The van der Waals surface area contributed by atoms with Crippen molar-refractivity contribution in [2.24, 2.45) is 5.92 Å². The number of nitrogens with one attached hydrogen (secondary N) is 1. The Hall–Kier alpha value is -2.43. The Morgan fingerprint density at radius 1 is 1.19 bits per heavy atom. The molecule has 1 amide bonds. The summed E-state index contributed by atoms with van der Waals surface area (Å²) < 4.78 is 1.92. The monoisotopic (exact) mass is 364 g/mol. The van der Waals surface area contributed by atoms with Crippen molar-refractivity contribution in [2.45, 2.75) is 65.3 Å². The minimum atomic E-state index is 0.152. The molecular formula is C22H28N4O. The lowest BCUT2D eigenvalue weighted by molar-refractivity contribution is -0.122. The smallest absolute Gasteiger partial charge is 0.220 e. The molecule has 0 atom stereocenters. The number of hydrogen-bond acceptors (Lipinski definition) is 3. The Bertz CT molecular complexity index is 983. The Morgan fingerprint density at radius 2 is 1.93 bits per heavy atom. The van der Waals surface area contributed by atoms with E-state index >= 15 is 0 Å². The maximum absolute atomic E-state index is 12.4. The summed E-state index contributed by atoms with van der Waals surface area (Å²) in [6, 6.07) is 8.43. The fourth-order valence-corrected chi connectivity index (χ4v) is 4.28. The topological polar surface area (TPSA) is 59.3 Å².